The van der Waals surface area contributed by atoms with E-state index >= 15 is 0 Å². The van der Waals surface area contributed by atoms with Crippen molar-refractivity contribution in [1.29, 1.82) is 0 Å². The molecule has 0 atom stereocenters. The van der Waals surface area contributed by atoms with Crippen LogP contribution in [0.15, 0.2) is 0 Å². The Morgan fingerprint density at radius 1 is 0.375 bits per heavy atom. The van der Waals surface area contributed by atoms with Gasteiger partial charge in [0.15, 0.2) is 0 Å². The Balaban J connectivity index is 5.27. The Morgan fingerprint density at radius 2 is 0.625 bits per heavy atom. The van der Waals surface area contributed by atoms with Gasteiger partial charge in [-0.05, 0) is 0 Å². The van der Waals surface area contributed by atoms with E-state index in [0.29, 0.717) is 4.44 Å². The van der Waals surface area contributed by atoms with Crippen molar-refractivity contribution in [2.75, 3.05) is 0 Å². The standard InChI is InChI=1S/C12H25.3C7H14O2.Sn/c1-3-5-7-9-11-12-10-8-6-4-2;3*1-2-3-4-5-6-7(8)9;/h1,3-12H2,2H3;3*2-6H2,1H3,(H,8,9);/q;;;;+3/p-3. The molecule has 0 amide bonds. The quantitative estimate of drug-likeness (QED) is 0.0580. The Labute approximate surface area is 253 Å². The van der Waals surface area contributed by atoms with Crippen LogP contribution in [0, 0.1) is 0 Å². The van der Waals surface area contributed by atoms with E-state index in [1.807, 2.05) is 0 Å². The fourth-order valence-corrected chi connectivity index (χ4v) is 11.8. The summed E-state index contributed by atoms with van der Waals surface area (Å²) in [6, 6.07) is 0. The zero-order chi connectivity index (χ0) is 29.7. The second kappa shape index (κ2) is 28.3. The topological polar surface area (TPSA) is 78.9 Å². The number of carbonyl (C=O) groups is 3. The van der Waals surface area contributed by atoms with Crippen LogP contribution in [0.25, 0.3) is 0 Å². The first-order valence-electron chi connectivity index (χ1n) is 17.1. The van der Waals surface area contributed by atoms with E-state index in [4.69, 9.17) is 9.22 Å². The van der Waals surface area contributed by atoms with Gasteiger partial charge in [0.05, 0.1) is 0 Å². The first-order valence-corrected chi connectivity index (χ1v) is 22.6. The Hall–Kier alpha value is -0.791. The van der Waals surface area contributed by atoms with Crippen LogP contribution in [-0.2, 0) is 23.6 Å². The number of rotatable bonds is 29. The second-order valence-electron chi connectivity index (χ2n) is 11.5. The predicted octanol–water partition coefficient (Wildman–Crippen LogP) is 10.4. The molecule has 0 spiro atoms. The molecule has 0 saturated heterocycles. The van der Waals surface area contributed by atoms with E-state index < -0.39 is 19.6 Å². The molecule has 0 radical (unpaired) electrons. The summed E-state index contributed by atoms with van der Waals surface area (Å²) in [6.07, 6.45) is 24.1. The summed E-state index contributed by atoms with van der Waals surface area (Å²) < 4.78 is 18.3. The van der Waals surface area contributed by atoms with Crippen LogP contribution in [0.1, 0.15) is 188 Å². The Bertz CT molecular complexity index is 559. The minimum absolute atomic E-state index is 0.277. The fourth-order valence-electron chi connectivity index (χ4n) is 4.81. The molecule has 6 nitrogen and oxygen atoms in total. The van der Waals surface area contributed by atoms with E-state index in [1.165, 1.54) is 44.9 Å². The molecule has 40 heavy (non-hydrogen) atoms. The Kier molecular flexibility index (Phi) is 27.8. The van der Waals surface area contributed by atoms with E-state index in [-0.39, 0.29) is 37.2 Å². The molecule has 0 bridgehead atoms. The first kappa shape index (κ1) is 39.2. The molecular weight excluding hydrogens is 611 g/mol. The Morgan fingerprint density at radius 3 is 0.925 bits per heavy atom. The second-order valence-corrected chi connectivity index (χ2v) is 18.5. The van der Waals surface area contributed by atoms with E-state index in [1.54, 1.807) is 0 Å². The summed E-state index contributed by atoms with van der Waals surface area (Å²) in [5.74, 6) is -1.13. The third-order valence-corrected chi connectivity index (χ3v) is 14.7. The molecule has 0 rings (SSSR count). The molecule has 0 aliphatic carbocycles. The summed E-state index contributed by atoms with van der Waals surface area (Å²) in [6.45, 7) is 8.63. The van der Waals surface area contributed by atoms with Gasteiger partial charge in [0.25, 0.3) is 0 Å². The predicted molar refractivity (Wildman–Crippen MR) is 167 cm³/mol. The average molecular weight is 676 g/mol. The maximum absolute atomic E-state index is 12.9. The zero-order valence-electron chi connectivity index (χ0n) is 26.8. The summed E-state index contributed by atoms with van der Waals surface area (Å²) in [5, 5.41) is 0. The molecule has 0 aromatic rings. The molecule has 0 heterocycles. The van der Waals surface area contributed by atoms with Crippen molar-refractivity contribution in [2.24, 2.45) is 0 Å². The molecule has 0 aliphatic rings. The van der Waals surface area contributed by atoms with Crippen LogP contribution in [0.5, 0.6) is 0 Å². The van der Waals surface area contributed by atoms with Crippen molar-refractivity contribution in [3.63, 3.8) is 0 Å². The van der Waals surface area contributed by atoms with Crippen LogP contribution in [0.3, 0.4) is 0 Å². The summed E-state index contributed by atoms with van der Waals surface area (Å²) >= 11 is -4.79. The molecule has 0 saturated carbocycles. The molecule has 236 valence electrons. The molecule has 0 aromatic heterocycles. The van der Waals surface area contributed by atoms with Crippen molar-refractivity contribution in [3.8, 4) is 0 Å². The van der Waals surface area contributed by atoms with Crippen LogP contribution >= 0.6 is 0 Å². The summed E-state index contributed by atoms with van der Waals surface area (Å²) in [7, 11) is 0. The molecule has 7 heteroatoms. The van der Waals surface area contributed by atoms with Crippen LogP contribution in [0.2, 0.25) is 4.44 Å². The van der Waals surface area contributed by atoms with Gasteiger partial charge in [-0.1, -0.05) is 0 Å². The average Bonchev–Trinajstić information content (AvgIpc) is 2.92. The van der Waals surface area contributed by atoms with Crippen molar-refractivity contribution in [1.82, 2.24) is 0 Å². The number of carbonyl (C=O) groups excluding carboxylic acids is 3. The van der Waals surface area contributed by atoms with Gasteiger partial charge in [0.1, 0.15) is 0 Å². The molecule has 0 fully saturated rings. The molecule has 0 unspecified atom stereocenters. The molecule has 0 N–H and O–H groups in total. The van der Waals surface area contributed by atoms with Gasteiger partial charge in [-0.3, -0.25) is 0 Å². The van der Waals surface area contributed by atoms with Gasteiger partial charge >= 0.3 is 254 Å². The van der Waals surface area contributed by atoms with E-state index in [0.717, 1.165) is 96.3 Å². The number of unbranched alkanes of at least 4 members (excludes halogenated alkanes) is 18. The van der Waals surface area contributed by atoms with E-state index in [9.17, 15) is 14.4 Å². The van der Waals surface area contributed by atoms with Crippen LogP contribution in [0.4, 0.5) is 0 Å². The fraction of sp³-hybridized carbons (Fsp3) is 0.909. The van der Waals surface area contributed by atoms with Gasteiger partial charge in [-0.25, -0.2) is 0 Å². The molecule has 0 aromatic carbocycles. The van der Waals surface area contributed by atoms with Crippen LogP contribution in [-0.4, -0.2) is 37.5 Å². The normalized spacial score (nSPS) is 11.4. The van der Waals surface area contributed by atoms with Gasteiger partial charge in [0, 0.05) is 0 Å². The maximum atomic E-state index is 12.9. The van der Waals surface area contributed by atoms with Crippen molar-refractivity contribution in [2.45, 2.75) is 193 Å². The summed E-state index contributed by atoms with van der Waals surface area (Å²) in [5.41, 5.74) is 0. The molecule has 0 aliphatic heterocycles. The van der Waals surface area contributed by atoms with Gasteiger partial charge < -0.3 is 0 Å². The van der Waals surface area contributed by atoms with E-state index in [2.05, 4.69) is 27.7 Å². The SMILES string of the molecule is CCCCCCCCCCC[CH2][Sn]([O]C(=O)CCCCCC)([O]C(=O)CCCCCC)[O]C(=O)CCCCCC. The van der Waals surface area contributed by atoms with Crippen molar-refractivity contribution >= 4 is 37.5 Å². The number of hydrogen-bond donors (Lipinski definition) is 0. The van der Waals surface area contributed by atoms with Gasteiger partial charge in [-0.2, -0.15) is 0 Å². The van der Waals surface area contributed by atoms with Gasteiger partial charge in [0.2, 0.25) is 0 Å². The third-order valence-electron chi connectivity index (χ3n) is 7.35. The minimum atomic E-state index is -4.79. The van der Waals surface area contributed by atoms with Crippen LogP contribution < -0.4 is 0 Å². The molecular formula is C33H64O6Sn. The van der Waals surface area contributed by atoms with Crippen molar-refractivity contribution in [3.05, 3.63) is 0 Å². The third kappa shape index (κ3) is 23.9. The zero-order valence-corrected chi connectivity index (χ0v) is 29.7. The number of hydrogen-bond acceptors (Lipinski definition) is 6. The van der Waals surface area contributed by atoms with Gasteiger partial charge in [-0.15, -0.1) is 0 Å². The monoisotopic (exact) mass is 676 g/mol. The van der Waals surface area contributed by atoms with Crippen molar-refractivity contribution < 1.29 is 23.6 Å². The summed E-state index contributed by atoms with van der Waals surface area (Å²) in [4.78, 5) is 38.7. The first-order chi connectivity index (χ1) is 19.4.